The van der Waals surface area contributed by atoms with Gasteiger partial charge in [0.05, 0.1) is 5.56 Å². The van der Waals surface area contributed by atoms with E-state index in [9.17, 15) is 14.0 Å². The molecule has 0 spiro atoms. The van der Waals surface area contributed by atoms with Crippen LogP contribution in [0.25, 0.3) is 0 Å². The molecule has 0 saturated carbocycles. The predicted octanol–water partition coefficient (Wildman–Crippen LogP) is 3.76. The van der Waals surface area contributed by atoms with Crippen LogP contribution in [0, 0.1) is 5.82 Å². The average molecular weight is 343 g/mol. The molecule has 0 unspecified atom stereocenters. The molecule has 132 valence electrons. The number of amides is 3. The molecule has 0 heterocycles. The standard InChI is InChI=1S/C19H22FN3O2/c1-3-13(2)23(12-14-7-5-4-6-8-14)19(25)22-15-9-10-17(20)16(11-15)18(21)24/h4-11,13H,3,12H2,1-2H3,(H2,21,24)(H,22,25)/t13-/m0/s1. The maximum Gasteiger partial charge on any atom is 0.322 e. The molecule has 0 radical (unpaired) electrons. The monoisotopic (exact) mass is 343 g/mol. The van der Waals surface area contributed by atoms with E-state index in [1.165, 1.54) is 12.1 Å². The molecule has 0 bridgehead atoms. The van der Waals surface area contributed by atoms with Crippen molar-refractivity contribution in [1.82, 2.24) is 4.90 Å². The number of benzene rings is 2. The van der Waals surface area contributed by atoms with Gasteiger partial charge in [0.1, 0.15) is 5.82 Å². The Morgan fingerprint density at radius 1 is 1.20 bits per heavy atom. The van der Waals surface area contributed by atoms with Crippen molar-refractivity contribution in [3.05, 3.63) is 65.5 Å². The number of urea groups is 1. The summed E-state index contributed by atoms with van der Waals surface area (Å²) in [6.45, 7) is 4.41. The molecule has 1 atom stereocenters. The fraction of sp³-hybridized carbons (Fsp3) is 0.263. The van der Waals surface area contributed by atoms with Crippen LogP contribution >= 0.6 is 0 Å². The van der Waals surface area contributed by atoms with Crippen molar-refractivity contribution in [1.29, 1.82) is 0 Å². The van der Waals surface area contributed by atoms with Gasteiger partial charge in [0.15, 0.2) is 0 Å². The van der Waals surface area contributed by atoms with Crippen LogP contribution in [0.15, 0.2) is 48.5 Å². The van der Waals surface area contributed by atoms with E-state index in [4.69, 9.17) is 5.73 Å². The Kier molecular flexibility index (Phi) is 6.11. The quantitative estimate of drug-likeness (QED) is 0.838. The molecule has 2 rings (SSSR count). The molecule has 25 heavy (non-hydrogen) atoms. The van der Waals surface area contributed by atoms with Crippen molar-refractivity contribution in [2.45, 2.75) is 32.9 Å². The lowest BCUT2D eigenvalue weighted by Gasteiger charge is -2.29. The van der Waals surface area contributed by atoms with Gasteiger partial charge in [-0.1, -0.05) is 37.3 Å². The van der Waals surface area contributed by atoms with E-state index < -0.39 is 11.7 Å². The zero-order valence-corrected chi connectivity index (χ0v) is 14.3. The number of rotatable bonds is 6. The minimum Gasteiger partial charge on any atom is -0.366 e. The Labute approximate surface area is 146 Å². The highest BCUT2D eigenvalue weighted by Gasteiger charge is 2.20. The van der Waals surface area contributed by atoms with Crippen LogP contribution in [-0.2, 0) is 6.54 Å². The molecule has 2 aromatic carbocycles. The van der Waals surface area contributed by atoms with Gasteiger partial charge < -0.3 is 16.0 Å². The third-order valence-electron chi connectivity index (χ3n) is 4.06. The fourth-order valence-corrected chi connectivity index (χ4v) is 2.42. The normalized spacial score (nSPS) is 11.6. The van der Waals surface area contributed by atoms with E-state index in [0.717, 1.165) is 18.1 Å². The number of hydrogen-bond acceptors (Lipinski definition) is 2. The van der Waals surface area contributed by atoms with Gasteiger partial charge in [0.2, 0.25) is 0 Å². The van der Waals surface area contributed by atoms with Gasteiger partial charge in [-0.3, -0.25) is 4.79 Å². The highest BCUT2D eigenvalue weighted by molar-refractivity contribution is 5.96. The molecular weight excluding hydrogens is 321 g/mol. The van der Waals surface area contributed by atoms with Crippen LogP contribution in [-0.4, -0.2) is 22.9 Å². The van der Waals surface area contributed by atoms with Gasteiger partial charge in [-0.15, -0.1) is 0 Å². The molecule has 5 nitrogen and oxygen atoms in total. The summed E-state index contributed by atoms with van der Waals surface area (Å²) >= 11 is 0. The topological polar surface area (TPSA) is 75.4 Å². The van der Waals surface area contributed by atoms with Gasteiger partial charge in [0, 0.05) is 18.3 Å². The Morgan fingerprint density at radius 2 is 1.88 bits per heavy atom. The van der Waals surface area contributed by atoms with Crippen molar-refractivity contribution in [2.75, 3.05) is 5.32 Å². The first kappa shape index (κ1) is 18.4. The van der Waals surface area contributed by atoms with Gasteiger partial charge >= 0.3 is 6.03 Å². The van der Waals surface area contributed by atoms with Crippen molar-refractivity contribution >= 4 is 17.6 Å². The molecule has 0 aromatic heterocycles. The van der Waals surface area contributed by atoms with E-state index in [0.29, 0.717) is 12.2 Å². The molecule has 0 aliphatic heterocycles. The number of nitrogens with one attached hydrogen (secondary N) is 1. The lowest BCUT2D eigenvalue weighted by Crippen LogP contribution is -2.40. The lowest BCUT2D eigenvalue weighted by atomic mass is 10.1. The Bertz CT molecular complexity index is 750. The first-order chi connectivity index (χ1) is 11.9. The van der Waals surface area contributed by atoms with Gasteiger partial charge in [0.25, 0.3) is 5.91 Å². The average Bonchev–Trinajstić information content (AvgIpc) is 2.61. The Balaban J connectivity index is 2.19. The van der Waals surface area contributed by atoms with Crippen LogP contribution in [0.2, 0.25) is 0 Å². The highest BCUT2D eigenvalue weighted by Crippen LogP contribution is 2.17. The first-order valence-electron chi connectivity index (χ1n) is 8.13. The van der Waals surface area contributed by atoms with Crippen LogP contribution in [0.3, 0.4) is 0 Å². The molecule has 3 amide bonds. The predicted molar refractivity (Wildman–Crippen MR) is 95.7 cm³/mol. The zero-order chi connectivity index (χ0) is 18.4. The minimum absolute atomic E-state index is 0.0104. The van der Waals surface area contributed by atoms with E-state index >= 15 is 0 Å². The molecule has 0 aliphatic carbocycles. The molecule has 0 aliphatic rings. The molecule has 0 fully saturated rings. The van der Waals surface area contributed by atoms with Crippen LogP contribution in [0.5, 0.6) is 0 Å². The number of halogens is 1. The second-order valence-electron chi connectivity index (χ2n) is 5.86. The summed E-state index contributed by atoms with van der Waals surface area (Å²) in [5, 5.41) is 2.71. The summed E-state index contributed by atoms with van der Waals surface area (Å²) < 4.78 is 13.6. The Morgan fingerprint density at radius 3 is 2.48 bits per heavy atom. The van der Waals surface area contributed by atoms with Gasteiger partial charge in [-0.05, 0) is 37.1 Å². The highest BCUT2D eigenvalue weighted by atomic mass is 19.1. The second-order valence-corrected chi connectivity index (χ2v) is 5.86. The van der Waals surface area contributed by atoms with Crippen molar-refractivity contribution in [3.8, 4) is 0 Å². The molecular formula is C19H22FN3O2. The van der Waals surface area contributed by atoms with Crippen molar-refractivity contribution < 1.29 is 14.0 Å². The lowest BCUT2D eigenvalue weighted by molar-refractivity contribution is 0.0996. The number of anilines is 1. The van der Waals surface area contributed by atoms with Crippen LogP contribution in [0.1, 0.15) is 36.2 Å². The number of carbonyl (C=O) groups excluding carboxylic acids is 2. The zero-order valence-electron chi connectivity index (χ0n) is 14.3. The number of nitrogens with two attached hydrogens (primary N) is 1. The van der Waals surface area contributed by atoms with Gasteiger partial charge in [-0.2, -0.15) is 0 Å². The third-order valence-corrected chi connectivity index (χ3v) is 4.06. The maximum atomic E-state index is 13.6. The number of nitrogens with zero attached hydrogens (tertiary/aromatic N) is 1. The van der Waals surface area contributed by atoms with E-state index in [1.54, 1.807) is 4.90 Å². The maximum absolute atomic E-state index is 13.6. The minimum atomic E-state index is -0.878. The van der Waals surface area contributed by atoms with Gasteiger partial charge in [-0.25, -0.2) is 9.18 Å². The number of hydrogen-bond donors (Lipinski definition) is 2. The summed E-state index contributed by atoms with van der Waals surface area (Å²) in [6.07, 6.45) is 0.788. The molecule has 6 heteroatoms. The summed E-state index contributed by atoms with van der Waals surface area (Å²) in [7, 11) is 0. The van der Waals surface area contributed by atoms with Crippen LogP contribution < -0.4 is 11.1 Å². The number of primary amides is 1. The van der Waals surface area contributed by atoms with E-state index in [2.05, 4.69) is 5.32 Å². The summed E-state index contributed by atoms with van der Waals surface area (Å²) in [5.74, 6) is -1.59. The van der Waals surface area contributed by atoms with E-state index in [1.807, 2.05) is 44.2 Å². The SMILES string of the molecule is CC[C@H](C)N(Cc1ccccc1)C(=O)Nc1ccc(F)c(C(N)=O)c1. The fourth-order valence-electron chi connectivity index (χ4n) is 2.42. The van der Waals surface area contributed by atoms with Crippen molar-refractivity contribution in [2.24, 2.45) is 5.73 Å². The molecule has 0 saturated heterocycles. The smallest absolute Gasteiger partial charge is 0.322 e. The first-order valence-corrected chi connectivity index (χ1v) is 8.13. The largest absolute Gasteiger partial charge is 0.366 e. The summed E-state index contributed by atoms with van der Waals surface area (Å²) in [5.41, 5.74) is 6.22. The third kappa shape index (κ3) is 4.79. The summed E-state index contributed by atoms with van der Waals surface area (Å²) in [4.78, 5) is 25.6. The van der Waals surface area contributed by atoms with E-state index in [-0.39, 0.29) is 17.6 Å². The number of carbonyl (C=O) groups is 2. The van der Waals surface area contributed by atoms with Crippen molar-refractivity contribution in [3.63, 3.8) is 0 Å². The summed E-state index contributed by atoms with van der Waals surface area (Å²) in [6, 6.07) is 13.1. The molecule has 2 aromatic rings. The molecule has 3 N–H and O–H groups in total. The van der Waals surface area contributed by atoms with Crippen LogP contribution in [0.4, 0.5) is 14.9 Å². The second kappa shape index (κ2) is 8.28. The Hall–Kier alpha value is -2.89.